The Hall–Kier alpha value is -1.75. The van der Waals surface area contributed by atoms with Crippen molar-refractivity contribution in [2.75, 3.05) is 27.3 Å². The molecular weight excluding hydrogens is 244 g/mol. The van der Waals surface area contributed by atoms with Crippen LogP contribution in [0.3, 0.4) is 0 Å². The largest absolute Gasteiger partial charge is 0.496 e. The van der Waals surface area contributed by atoms with Crippen molar-refractivity contribution in [2.45, 2.75) is 18.9 Å². The summed E-state index contributed by atoms with van der Waals surface area (Å²) < 4.78 is 10.6. The Labute approximate surface area is 113 Å². The molecule has 5 nitrogen and oxygen atoms in total. The van der Waals surface area contributed by atoms with Gasteiger partial charge in [0.25, 0.3) is 0 Å². The molecule has 0 saturated carbocycles. The Morgan fingerprint density at radius 2 is 2.00 bits per heavy atom. The summed E-state index contributed by atoms with van der Waals surface area (Å²) in [5, 5.41) is 0. The maximum Gasteiger partial charge on any atom is 0.227 e. The summed E-state index contributed by atoms with van der Waals surface area (Å²) in [6, 6.07) is 5.61. The Morgan fingerprint density at radius 1 is 1.37 bits per heavy atom. The van der Waals surface area contributed by atoms with Crippen LogP contribution in [-0.2, 0) is 11.2 Å². The number of carbonyl (C=O) groups is 1. The molecule has 1 unspecified atom stereocenters. The van der Waals surface area contributed by atoms with Gasteiger partial charge in [0, 0.05) is 24.7 Å². The molecule has 19 heavy (non-hydrogen) atoms. The first-order valence-corrected chi connectivity index (χ1v) is 6.39. The molecule has 1 heterocycles. The lowest BCUT2D eigenvalue weighted by Gasteiger charge is -2.18. The van der Waals surface area contributed by atoms with Crippen LogP contribution in [0.4, 0.5) is 0 Å². The molecule has 1 aliphatic heterocycles. The zero-order valence-corrected chi connectivity index (χ0v) is 11.4. The fraction of sp³-hybridized carbons (Fsp3) is 0.500. The topological polar surface area (TPSA) is 64.8 Å². The average Bonchev–Trinajstić information content (AvgIpc) is 2.85. The third kappa shape index (κ3) is 2.98. The summed E-state index contributed by atoms with van der Waals surface area (Å²) in [6.07, 6.45) is 1.15. The molecule has 0 radical (unpaired) electrons. The van der Waals surface area contributed by atoms with Crippen LogP contribution >= 0.6 is 0 Å². The van der Waals surface area contributed by atoms with E-state index in [1.54, 1.807) is 19.1 Å². The van der Waals surface area contributed by atoms with Gasteiger partial charge < -0.3 is 20.1 Å². The lowest BCUT2D eigenvalue weighted by atomic mass is 10.1. The Morgan fingerprint density at radius 3 is 2.47 bits per heavy atom. The van der Waals surface area contributed by atoms with Crippen LogP contribution in [0.1, 0.15) is 12.0 Å². The highest BCUT2D eigenvalue weighted by Crippen LogP contribution is 2.29. The first-order chi connectivity index (χ1) is 9.15. The zero-order valence-electron chi connectivity index (χ0n) is 11.4. The second kappa shape index (κ2) is 5.93. The third-order valence-electron chi connectivity index (χ3n) is 3.44. The van der Waals surface area contributed by atoms with Crippen molar-refractivity contribution in [3.05, 3.63) is 23.8 Å². The van der Waals surface area contributed by atoms with E-state index in [1.165, 1.54) is 0 Å². The van der Waals surface area contributed by atoms with Crippen molar-refractivity contribution in [3.8, 4) is 11.5 Å². The van der Waals surface area contributed by atoms with Crippen LogP contribution < -0.4 is 15.2 Å². The molecule has 1 atom stereocenters. The van der Waals surface area contributed by atoms with E-state index in [4.69, 9.17) is 15.2 Å². The molecule has 1 aromatic rings. The van der Waals surface area contributed by atoms with E-state index in [0.717, 1.165) is 18.5 Å². The van der Waals surface area contributed by atoms with Crippen molar-refractivity contribution in [3.63, 3.8) is 0 Å². The molecule has 0 aliphatic carbocycles. The van der Waals surface area contributed by atoms with Crippen molar-refractivity contribution < 1.29 is 14.3 Å². The van der Waals surface area contributed by atoms with E-state index in [-0.39, 0.29) is 18.4 Å². The number of amides is 1. The SMILES string of the molecule is COc1cccc(OC)c1CC(=O)N1CCC(N)C1. The molecule has 1 aromatic carbocycles. The van der Waals surface area contributed by atoms with Crippen molar-refractivity contribution in [1.82, 2.24) is 4.90 Å². The van der Waals surface area contributed by atoms with Crippen LogP contribution in [-0.4, -0.2) is 44.2 Å². The maximum absolute atomic E-state index is 12.3. The lowest BCUT2D eigenvalue weighted by molar-refractivity contribution is -0.129. The van der Waals surface area contributed by atoms with Gasteiger partial charge in [-0.15, -0.1) is 0 Å². The molecule has 0 spiro atoms. The van der Waals surface area contributed by atoms with Crippen LogP contribution in [0.2, 0.25) is 0 Å². The van der Waals surface area contributed by atoms with E-state index in [2.05, 4.69) is 0 Å². The molecule has 5 heteroatoms. The van der Waals surface area contributed by atoms with Crippen LogP contribution in [0.15, 0.2) is 18.2 Å². The molecule has 1 aliphatic rings. The molecule has 1 fully saturated rings. The van der Waals surface area contributed by atoms with Gasteiger partial charge in [0.05, 0.1) is 20.6 Å². The zero-order chi connectivity index (χ0) is 13.8. The van der Waals surface area contributed by atoms with Gasteiger partial charge in [0.2, 0.25) is 5.91 Å². The van der Waals surface area contributed by atoms with Crippen LogP contribution in [0, 0.1) is 0 Å². The van der Waals surface area contributed by atoms with E-state index in [0.29, 0.717) is 18.0 Å². The minimum Gasteiger partial charge on any atom is -0.496 e. The average molecular weight is 264 g/mol. The molecule has 2 N–H and O–H groups in total. The number of nitrogens with zero attached hydrogens (tertiary/aromatic N) is 1. The number of hydrogen-bond acceptors (Lipinski definition) is 4. The summed E-state index contributed by atoms with van der Waals surface area (Å²) in [5.41, 5.74) is 6.61. The van der Waals surface area contributed by atoms with Crippen molar-refractivity contribution in [1.29, 1.82) is 0 Å². The molecule has 1 amide bonds. The smallest absolute Gasteiger partial charge is 0.227 e. The number of nitrogens with two attached hydrogens (primary N) is 1. The number of carbonyl (C=O) groups excluding carboxylic acids is 1. The van der Waals surface area contributed by atoms with Gasteiger partial charge >= 0.3 is 0 Å². The number of rotatable bonds is 4. The highest BCUT2D eigenvalue weighted by molar-refractivity contribution is 5.80. The maximum atomic E-state index is 12.3. The Bertz CT molecular complexity index is 440. The molecule has 0 aromatic heterocycles. The summed E-state index contributed by atoms with van der Waals surface area (Å²) in [5.74, 6) is 1.42. The Balaban J connectivity index is 2.16. The van der Waals surface area contributed by atoms with Gasteiger partial charge in [-0.1, -0.05) is 6.07 Å². The van der Waals surface area contributed by atoms with Crippen LogP contribution in [0.5, 0.6) is 11.5 Å². The van der Waals surface area contributed by atoms with E-state index in [1.807, 2.05) is 18.2 Å². The fourth-order valence-corrected chi connectivity index (χ4v) is 2.38. The summed E-state index contributed by atoms with van der Waals surface area (Å²) in [4.78, 5) is 14.1. The van der Waals surface area contributed by atoms with Gasteiger partial charge in [-0.05, 0) is 18.6 Å². The quantitative estimate of drug-likeness (QED) is 0.874. The number of likely N-dealkylation sites (tertiary alicyclic amines) is 1. The van der Waals surface area contributed by atoms with E-state index < -0.39 is 0 Å². The van der Waals surface area contributed by atoms with Gasteiger partial charge in [0.1, 0.15) is 11.5 Å². The predicted molar refractivity (Wildman–Crippen MR) is 72.4 cm³/mol. The minimum absolute atomic E-state index is 0.0655. The molecule has 104 valence electrons. The van der Waals surface area contributed by atoms with Crippen molar-refractivity contribution in [2.24, 2.45) is 5.73 Å². The monoisotopic (exact) mass is 264 g/mol. The normalized spacial score (nSPS) is 18.5. The number of ether oxygens (including phenoxy) is 2. The summed E-state index contributed by atoms with van der Waals surface area (Å²) in [6.45, 7) is 1.37. The highest BCUT2D eigenvalue weighted by atomic mass is 16.5. The first-order valence-electron chi connectivity index (χ1n) is 6.39. The van der Waals surface area contributed by atoms with E-state index >= 15 is 0 Å². The standard InChI is InChI=1S/C14H20N2O3/c1-18-12-4-3-5-13(19-2)11(12)8-14(17)16-7-6-10(15)9-16/h3-5,10H,6-9,15H2,1-2H3. The minimum atomic E-state index is 0.0655. The second-order valence-electron chi connectivity index (χ2n) is 4.71. The number of methoxy groups -OCH3 is 2. The summed E-state index contributed by atoms with van der Waals surface area (Å²) in [7, 11) is 3.18. The second-order valence-corrected chi connectivity index (χ2v) is 4.71. The molecule has 2 rings (SSSR count). The molecule has 0 bridgehead atoms. The van der Waals surface area contributed by atoms with Gasteiger partial charge in [-0.2, -0.15) is 0 Å². The molecular formula is C14H20N2O3. The first kappa shape index (κ1) is 13.7. The highest BCUT2D eigenvalue weighted by Gasteiger charge is 2.25. The van der Waals surface area contributed by atoms with Gasteiger partial charge in [0.15, 0.2) is 0 Å². The lowest BCUT2D eigenvalue weighted by Crippen LogP contribution is -2.33. The van der Waals surface area contributed by atoms with Crippen molar-refractivity contribution >= 4 is 5.91 Å². The van der Waals surface area contributed by atoms with E-state index in [9.17, 15) is 4.79 Å². The van der Waals surface area contributed by atoms with Crippen LogP contribution in [0.25, 0.3) is 0 Å². The fourth-order valence-electron chi connectivity index (χ4n) is 2.38. The van der Waals surface area contributed by atoms with Gasteiger partial charge in [-0.25, -0.2) is 0 Å². The summed E-state index contributed by atoms with van der Waals surface area (Å²) >= 11 is 0. The Kier molecular flexibility index (Phi) is 4.27. The van der Waals surface area contributed by atoms with Gasteiger partial charge in [-0.3, -0.25) is 4.79 Å². The predicted octanol–water partition coefficient (Wildman–Crippen LogP) is 0.806. The number of benzene rings is 1. The third-order valence-corrected chi connectivity index (χ3v) is 3.44. The number of hydrogen-bond donors (Lipinski definition) is 1. The molecule has 1 saturated heterocycles.